The second-order valence-corrected chi connectivity index (χ2v) is 3.76. The van der Waals surface area contributed by atoms with Gasteiger partial charge in [-0.25, -0.2) is 0 Å². The lowest BCUT2D eigenvalue weighted by Crippen LogP contribution is -2.26. The molecule has 0 fully saturated rings. The molecule has 0 aliphatic carbocycles. The minimum Gasteiger partial charge on any atom is -0.405 e. The fourth-order valence-corrected chi connectivity index (χ4v) is 1.40. The van der Waals surface area contributed by atoms with Gasteiger partial charge >= 0.3 is 6.36 Å². The smallest absolute Gasteiger partial charge is 0.405 e. The summed E-state index contributed by atoms with van der Waals surface area (Å²) in [5.74, 6) is -1.13. The monoisotopic (exact) mass is 273 g/mol. The van der Waals surface area contributed by atoms with Crippen LogP contribution in [0.25, 0.3) is 6.08 Å². The van der Waals surface area contributed by atoms with Crippen LogP contribution in [0.5, 0.6) is 5.75 Å². The first kappa shape index (κ1) is 15.1. The van der Waals surface area contributed by atoms with Crippen LogP contribution in [0.2, 0.25) is 0 Å². The number of benzene rings is 1. The predicted octanol–water partition coefficient (Wildman–Crippen LogP) is 3.37. The Morgan fingerprint density at radius 3 is 2.68 bits per heavy atom. The van der Waals surface area contributed by atoms with E-state index in [1.165, 1.54) is 18.2 Å². The van der Waals surface area contributed by atoms with Crippen LogP contribution in [0.1, 0.15) is 29.3 Å². The van der Waals surface area contributed by atoms with Gasteiger partial charge in [0.15, 0.2) is 0 Å². The first-order valence-corrected chi connectivity index (χ1v) is 5.67. The molecule has 0 aliphatic rings. The maximum atomic E-state index is 12.2. The van der Waals surface area contributed by atoms with Gasteiger partial charge in [-0.1, -0.05) is 25.6 Å². The van der Waals surface area contributed by atoms with E-state index in [0.29, 0.717) is 18.5 Å². The third-order valence-electron chi connectivity index (χ3n) is 2.25. The molecule has 0 heterocycles. The highest BCUT2D eigenvalue weighted by Crippen LogP contribution is 2.27. The number of ether oxygens (including phenoxy) is 1. The van der Waals surface area contributed by atoms with Crippen LogP contribution in [-0.2, 0) is 0 Å². The van der Waals surface area contributed by atoms with Crippen LogP contribution in [0.4, 0.5) is 13.2 Å². The largest absolute Gasteiger partial charge is 0.573 e. The summed E-state index contributed by atoms with van der Waals surface area (Å²) in [6.45, 7) is 5.72. The van der Waals surface area contributed by atoms with Gasteiger partial charge in [-0.3, -0.25) is 4.79 Å². The lowest BCUT2D eigenvalue weighted by atomic mass is 10.1. The van der Waals surface area contributed by atoms with Crippen LogP contribution in [0.15, 0.2) is 24.8 Å². The summed E-state index contributed by atoms with van der Waals surface area (Å²) in [6, 6.07) is 3.80. The molecule has 0 radical (unpaired) electrons. The molecule has 1 N–H and O–H groups in total. The van der Waals surface area contributed by atoms with E-state index in [1.807, 2.05) is 6.92 Å². The topological polar surface area (TPSA) is 38.3 Å². The fraction of sp³-hybridized carbons (Fsp3) is 0.308. The Morgan fingerprint density at radius 1 is 1.47 bits per heavy atom. The van der Waals surface area contributed by atoms with Crippen LogP contribution < -0.4 is 10.1 Å². The quantitative estimate of drug-likeness (QED) is 0.893. The molecule has 3 nitrogen and oxygen atoms in total. The Kier molecular flexibility index (Phi) is 4.97. The van der Waals surface area contributed by atoms with Gasteiger partial charge in [-0.2, -0.15) is 0 Å². The standard InChI is InChI=1S/C13H14F3NO2/c1-3-7-17-12(18)10-8-9(4-2)5-6-11(10)19-13(14,15)16/h4-6,8H,2-3,7H2,1H3,(H,17,18). The highest BCUT2D eigenvalue weighted by atomic mass is 19.4. The van der Waals surface area contributed by atoms with Crippen molar-refractivity contribution in [3.63, 3.8) is 0 Å². The second kappa shape index (κ2) is 6.26. The lowest BCUT2D eigenvalue weighted by Gasteiger charge is -2.13. The summed E-state index contributed by atoms with van der Waals surface area (Å²) in [4.78, 5) is 11.8. The highest BCUT2D eigenvalue weighted by molar-refractivity contribution is 5.97. The van der Waals surface area contributed by atoms with Gasteiger partial charge in [-0.05, 0) is 24.1 Å². The fourth-order valence-electron chi connectivity index (χ4n) is 1.40. The average Bonchev–Trinajstić information content (AvgIpc) is 2.34. The van der Waals surface area contributed by atoms with E-state index in [4.69, 9.17) is 0 Å². The summed E-state index contributed by atoms with van der Waals surface area (Å²) in [6.07, 6.45) is -2.72. The maximum absolute atomic E-state index is 12.2. The molecule has 1 amide bonds. The van der Waals surface area contributed by atoms with E-state index >= 15 is 0 Å². The molecule has 0 saturated heterocycles. The van der Waals surface area contributed by atoms with Crippen molar-refractivity contribution in [2.45, 2.75) is 19.7 Å². The van der Waals surface area contributed by atoms with Crippen molar-refractivity contribution in [2.75, 3.05) is 6.54 Å². The molecular weight excluding hydrogens is 259 g/mol. The van der Waals surface area contributed by atoms with Gasteiger partial charge < -0.3 is 10.1 Å². The molecule has 0 saturated carbocycles. The summed E-state index contributed by atoms with van der Waals surface area (Å²) in [5.41, 5.74) is 0.374. The number of carbonyl (C=O) groups excluding carboxylic acids is 1. The van der Waals surface area contributed by atoms with Gasteiger partial charge in [0.2, 0.25) is 0 Å². The normalized spacial score (nSPS) is 10.9. The average molecular weight is 273 g/mol. The van der Waals surface area contributed by atoms with E-state index in [0.717, 1.165) is 6.07 Å². The molecule has 1 aromatic rings. The number of nitrogens with one attached hydrogen (secondary N) is 1. The van der Waals surface area contributed by atoms with E-state index in [2.05, 4.69) is 16.6 Å². The molecule has 0 bridgehead atoms. The minimum atomic E-state index is -4.84. The Morgan fingerprint density at radius 2 is 2.16 bits per heavy atom. The number of hydrogen-bond acceptors (Lipinski definition) is 2. The van der Waals surface area contributed by atoms with Crippen LogP contribution >= 0.6 is 0 Å². The second-order valence-electron chi connectivity index (χ2n) is 3.76. The molecule has 0 aromatic heterocycles. The van der Waals surface area contributed by atoms with Crippen molar-refractivity contribution in [2.24, 2.45) is 0 Å². The number of rotatable bonds is 5. The number of halogens is 3. The number of carbonyl (C=O) groups is 1. The molecule has 19 heavy (non-hydrogen) atoms. The molecule has 1 aromatic carbocycles. The van der Waals surface area contributed by atoms with Crippen molar-refractivity contribution >= 4 is 12.0 Å². The van der Waals surface area contributed by atoms with E-state index in [9.17, 15) is 18.0 Å². The van der Waals surface area contributed by atoms with Crippen LogP contribution in [0.3, 0.4) is 0 Å². The summed E-state index contributed by atoms with van der Waals surface area (Å²) in [7, 11) is 0. The molecule has 0 aliphatic heterocycles. The summed E-state index contributed by atoms with van der Waals surface area (Å²) >= 11 is 0. The van der Waals surface area contributed by atoms with E-state index in [1.54, 1.807) is 0 Å². The van der Waals surface area contributed by atoms with E-state index in [-0.39, 0.29) is 5.56 Å². The molecule has 0 unspecified atom stereocenters. The molecule has 6 heteroatoms. The Labute approximate surface area is 109 Å². The highest BCUT2D eigenvalue weighted by Gasteiger charge is 2.32. The van der Waals surface area contributed by atoms with E-state index < -0.39 is 18.0 Å². The molecule has 0 spiro atoms. The Balaban J connectivity index is 3.08. The van der Waals surface area contributed by atoms with Crippen molar-refractivity contribution in [1.29, 1.82) is 0 Å². The Hall–Kier alpha value is -1.98. The van der Waals surface area contributed by atoms with Crippen molar-refractivity contribution in [3.05, 3.63) is 35.9 Å². The zero-order chi connectivity index (χ0) is 14.5. The predicted molar refractivity (Wildman–Crippen MR) is 65.8 cm³/mol. The number of alkyl halides is 3. The first-order valence-electron chi connectivity index (χ1n) is 5.67. The molecule has 104 valence electrons. The van der Waals surface area contributed by atoms with Gasteiger partial charge in [0.1, 0.15) is 5.75 Å². The third kappa shape index (κ3) is 4.65. The SMILES string of the molecule is C=Cc1ccc(OC(F)(F)F)c(C(=O)NCCC)c1. The van der Waals surface area contributed by atoms with Gasteiger partial charge in [0.05, 0.1) is 5.56 Å². The minimum absolute atomic E-state index is 0.164. The van der Waals surface area contributed by atoms with Gasteiger partial charge in [0, 0.05) is 6.54 Å². The van der Waals surface area contributed by atoms with Crippen LogP contribution in [0, 0.1) is 0 Å². The first-order chi connectivity index (χ1) is 8.87. The van der Waals surface area contributed by atoms with Crippen molar-refractivity contribution < 1.29 is 22.7 Å². The molecule has 0 atom stereocenters. The summed E-state index contributed by atoms with van der Waals surface area (Å²) < 4.78 is 40.6. The van der Waals surface area contributed by atoms with Gasteiger partial charge in [-0.15, -0.1) is 13.2 Å². The number of amides is 1. The Bertz CT molecular complexity index is 469. The van der Waals surface area contributed by atoms with Crippen molar-refractivity contribution in [3.8, 4) is 5.75 Å². The molecule has 1 rings (SSSR count). The lowest BCUT2D eigenvalue weighted by molar-refractivity contribution is -0.274. The van der Waals surface area contributed by atoms with Crippen LogP contribution in [-0.4, -0.2) is 18.8 Å². The zero-order valence-electron chi connectivity index (χ0n) is 10.4. The maximum Gasteiger partial charge on any atom is 0.573 e. The number of hydrogen-bond donors (Lipinski definition) is 1. The summed E-state index contributed by atoms with van der Waals surface area (Å²) in [5, 5.41) is 2.51. The third-order valence-corrected chi connectivity index (χ3v) is 2.25. The van der Waals surface area contributed by atoms with Gasteiger partial charge in [0.25, 0.3) is 5.91 Å². The van der Waals surface area contributed by atoms with Crippen molar-refractivity contribution in [1.82, 2.24) is 5.32 Å². The molecular formula is C13H14F3NO2. The zero-order valence-corrected chi connectivity index (χ0v) is 10.4.